The molecule has 0 aliphatic heterocycles. The zero-order chi connectivity index (χ0) is 9.40. The fourth-order valence-electron chi connectivity index (χ4n) is 0.524. The molecule has 2 nitrogen and oxygen atoms in total. The van der Waals surface area contributed by atoms with Gasteiger partial charge in [-0.2, -0.15) is 0 Å². The molecule has 0 radical (unpaired) electrons. The van der Waals surface area contributed by atoms with Crippen molar-refractivity contribution >= 4 is 16.9 Å². The first-order chi connectivity index (χ1) is 5.68. The minimum absolute atomic E-state index is 0.0199. The molecule has 0 saturated carbocycles. The van der Waals surface area contributed by atoms with Gasteiger partial charge in [-0.1, -0.05) is 31.7 Å². The molecule has 70 valence electrons. The van der Waals surface area contributed by atoms with Gasteiger partial charge < -0.3 is 4.74 Å². The van der Waals surface area contributed by atoms with Crippen LogP contribution in [-0.2, 0) is 9.53 Å². The Kier molecular flexibility index (Phi) is 7.20. The van der Waals surface area contributed by atoms with Gasteiger partial charge in [0.1, 0.15) is 0 Å². The first kappa shape index (κ1) is 11.7. The van der Waals surface area contributed by atoms with Crippen molar-refractivity contribution in [3.05, 3.63) is 12.2 Å². The molecule has 0 amide bonds. The third kappa shape index (κ3) is 6.43. The van der Waals surface area contributed by atoms with Crippen LogP contribution in [0.3, 0.4) is 0 Å². The van der Waals surface area contributed by atoms with Crippen LogP contribution in [0.5, 0.6) is 0 Å². The smallest absolute Gasteiger partial charge is 0.216 e. The zero-order valence-electron chi connectivity index (χ0n) is 7.76. The Bertz CT molecular complexity index is 155. The number of carbonyl (C=O) groups is 1. The molecular weight excluding hydrogens is 172 g/mol. The first-order valence-corrected chi connectivity index (χ1v) is 5.07. The lowest BCUT2D eigenvalue weighted by Crippen LogP contribution is -1.98. The van der Waals surface area contributed by atoms with Crippen molar-refractivity contribution in [1.82, 2.24) is 0 Å². The largest absolute Gasteiger partial charge is 0.370 e. The summed E-state index contributed by atoms with van der Waals surface area (Å²) in [4.78, 5) is 11.0. The Morgan fingerprint density at radius 3 is 2.75 bits per heavy atom. The van der Waals surface area contributed by atoms with Crippen LogP contribution < -0.4 is 0 Å². The maximum Gasteiger partial charge on any atom is 0.216 e. The van der Waals surface area contributed by atoms with Crippen LogP contribution >= 0.6 is 11.8 Å². The Morgan fingerprint density at radius 1 is 1.58 bits per heavy atom. The Morgan fingerprint density at radius 2 is 2.25 bits per heavy atom. The van der Waals surface area contributed by atoms with Gasteiger partial charge in [-0.05, 0) is 18.9 Å². The van der Waals surface area contributed by atoms with Gasteiger partial charge in [0.25, 0.3) is 0 Å². The van der Waals surface area contributed by atoms with E-state index < -0.39 is 0 Å². The zero-order valence-corrected chi connectivity index (χ0v) is 8.58. The van der Waals surface area contributed by atoms with Crippen LogP contribution in [0.2, 0.25) is 0 Å². The summed E-state index contributed by atoms with van der Waals surface area (Å²) < 4.78 is 5.20. The SMILES string of the molecule is C=C(C)C(=O)SCOCCCC. The van der Waals surface area contributed by atoms with Gasteiger partial charge >= 0.3 is 0 Å². The molecule has 0 aromatic carbocycles. The van der Waals surface area contributed by atoms with Crippen LogP contribution in [-0.4, -0.2) is 17.7 Å². The summed E-state index contributed by atoms with van der Waals surface area (Å²) >= 11 is 1.17. The van der Waals surface area contributed by atoms with Gasteiger partial charge in [-0.3, -0.25) is 4.79 Å². The van der Waals surface area contributed by atoms with Crippen LogP contribution in [0.1, 0.15) is 26.7 Å². The second-order valence-corrected chi connectivity index (χ2v) is 3.49. The molecule has 0 aromatic rings. The number of hydrogen-bond donors (Lipinski definition) is 0. The number of carbonyl (C=O) groups excluding carboxylic acids is 1. The highest BCUT2D eigenvalue weighted by Crippen LogP contribution is 2.08. The summed E-state index contributed by atoms with van der Waals surface area (Å²) in [5.74, 6) is 0.450. The summed E-state index contributed by atoms with van der Waals surface area (Å²) in [7, 11) is 0. The second kappa shape index (κ2) is 7.37. The van der Waals surface area contributed by atoms with E-state index in [0.717, 1.165) is 19.4 Å². The molecule has 0 fully saturated rings. The third-order valence-electron chi connectivity index (χ3n) is 1.26. The highest BCUT2D eigenvalue weighted by molar-refractivity contribution is 8.14. The summed E-state index contributed by atoms with van der Waals surface area (Å²) in [6.45, 7) is 8.10. The summed E-state index contributed by atoms with van der Waals surface area (Å²) in [5.41, 5.74) is 0.582. The van der Waals surface area contributed by atoms with Crippen molar-refractivity contribution in [2.45, 2.75) is 26.7 Å². The number of thioether (sulfide) groups is 1. The Hall–Kier alpha value is -0.280. The Balaban J connectivity index is 3.20. The lowest BCUT2D eigenvalue weighted by atomic mass is 10.4. The van der Waals surface area contributed by atoms with E-state index >= 15 is 0 Å². The van der Waals surface area contributed by atoms with Gasteiger partial charge in [0.05, 0.1) is 5.94 Å². The Labute approximate surface area is 78.4 Å². The third-order valence-corrected chi connectivity index (χ3v) is 2.16. The average molecular weight is 188 g/mol. The first-order valence-electron chi connectivity index (χ1n) is 4.08. The fraction of sp³-hybridized carbons (Fsp3) is 0.667. The standard InChI is InChI=1S/C9H16O2S/c1-4-5-6-11-7-12-9(10)8(2)3/h2,4-7H2,1,3H3. The van der Waals surface area contributed by atoms with E-state index in [2.05, 4.69) is 13.5 Å². The minimum atomic E-state index is 0.0199. The molecule has 0 rings (SSSR count). The summed E-state index contributed by atoms with van der Waals surface area (Å²) in [5, 5.41) is 0.0199. The van der Waals surface area contributed by atoms with E-state index in [1.807, 2.05) is 0 Å². The number of rotatable bonds is 6. The van der Waals surface area contributed by atoms with Crippen LogP contribution in [0.25, 0.3) is 0 Å². The summed E-state index contributed by atoms with van der Waals surface area (Å²) in [6, 6.07) is 0. The molecular formula is C9H16O2S. The molecule has 0 N–H and O–H groups in total. The molecule has 12 heavy (non-hydrogen) atoms. The normalized spacial score (nSPS) is 9.83. The molecule has 0 aliphatic carbocycles. The molecule has 0 bridgehead atoms. The predicted molar refractivity (Wildman–Crippen MR) is 53.1 cm³/mol. The van der Waals surface area contributed by atoms with Crippen LogP contribution in [0, 0.1) is 0 Å². The van der Waals surface area contributed by atoms with Crippen molar-refractivity contribution in [3.63, 3.8) is 0 Å². The van der Waals surface area contributed by atoms with Crippen LogP contribution in [0.4, 0.5) is 0 Å². The quantitative estimate of drug-likeness (QED) is 0.364. The van der Waals surface area contributed by atoms with E-state index in [1.165, 1.54) is 11.8 Å². The highest BCUT2D eigenvalue weighted by Gasteiger charge is 2.01. The molecule has 0 spiro atoms. The van der Waals surface area contributed by atoms with Crippen molar-refractivity contribution in [2.75, 3.05) is 12.5 Å². The van der Waals surface area contributed by atoms with E-state index in [0.29, 0.717) is 11.5 Å². The van der Waals surface area contributed by atoms with E-state index in [-0.39, 0.29) is 5.12 Å². The predicted octanol–water partition coefficient (Wildman–Crippen LogP) is 2.60. The summed E-state index contributed by atoms with van der Waals surface area (Å²) in [6.07, 6.45) is 2.18. The van der Waals surface area contributed by atoms with Crippen molar-refractivity contribution in [1.29, 1.82) is 0 Å². The number of unbranched alkanes of at least 4 members (excludes halogenated alkanes) is 1. The maximum atomic E-state index is 11.0. The average Bonchev–Trinajstić information content (AvgIpc) is 2.03. The second-order valence-electron chi connectivity index (χ2n) is 2.59. The van der Waals surface area contributed by atoms with E-state index in [1.54, 1.807) is 6.92 Å². The molecule has 0 saturated heterocycles. The number of ether oxygens (including phenoxy) is 1. The van der Waals surface area contributed by atoms with Crippen molar-refractivity contribution in [2.24, 2.45) is 0 Å². The molecule has 0 aromatic heterocycles. The van der Waals surface area contributed by atoms with Crippen molar-refractivity contribution in [3.8, 4) is 0 Å². The molecule has 3 heteroatoms. The molecule has 0 atom stereocenters. The van der Waals surface area contributed by atoms with Gasteiger partial charge in [0.15, 0.2) is 0 Å². The van der Waals surface area contributed by atoms with Gasteiger partial charge in [-0.25, -0.2) is 0 Å². The molecule has 0 heterocycles. The molecule has 0 aliphatic rings. The fourth-order valence-corrected chi connectivity index (χ4v) is 1.08. The van der Waals surface area contributed by atoms with E-state index in [4.69, 9.17) is 4.74 Å². The van der Waals surface area contributed by atoms with Crippen molar-refractivity contribution < 1.29 is 9.53 Å². The van der Waals surface area contributed by atoms with Gasteiger partial charge in [0, 0.05) is 6.61 Å². The lowest BCUT2D eigenvalue weighted by molar-refractivity contribution is -0.107. The van der Waals surface area contributed by atoms with Crippen LogP contribution in [0.15, 0.2) is 12.2 Å². The maximum absolute atomic E-state index is 11.0. The van der Waals surface area contributed by atoms with Gasteiger partial charge in [0.2, 0.25) is 5.12 Å². The topological polar surface area (TPSA) is 26.3 Å². The lowest BCUT2D eigenvalue weighted by Gasteiger charge is -2.01. The monoisotopic (exact) mass is 188 g/mol. The number of hydrogen-bond acceptors (Lipinski definition) is 3. The minimum Gasteiger partial charge on any atom is -0.370 e. The van der Waals surface area contributed by atoms with E-state index in [9.17, 15) is 4.79 Å². The highest BCUT2D eigenvalue weighted by atomic mass is 32.2. The molecule has 0 unspecified atom stereocenters. The van der Waals surface area contributed by atoms with Gasteiger partial charge in [-0.15, -0.1) is 0 Å².